The molecule has 1 aliphatic heterocycles. The molecule has 0 aromatic carbocycles. The molecule has 1 aliphatic rings. The van der Waals surface area contributed by atoms with Crippen LogP contribution in [0.15, 0.2) is 22.0 Å². The van der Waals surface area contributed by atoms with Gasteiger partial charge in [-0.3, -0.25) is 9.59 Å². The predicted molar refractivity (Wildman–Crippen MR) is 79.6 cm³/mol. The Kier molecular flexibility index (Phi) is 5.33. The van der Waals surface area contributed by atoms with Gasteiger partial charge in [0.2, 0.25) is 5.91 Å². The van der Waals surface area contributed by atoms with Crippen LogP contribution in [-0.4, -0.2) is 47.7 Å². The van der Waals surface area contributed by atoms with Crippen LogP contribution in [-0.2, 0) is 14.3 Å². The number of hydrogen-bond acceptors (Lipinski definition) is 4. The molecule has 7 heteroatoms. The minimum Gasteiger partial charge on any atom is -0.481 e. The normalized spacial score (nSPS) is 19.4. The van der Waals surface area contributed by atoms with Gasteiger partial charge in [-0.15, -0.1) is 11.3 Å². The summed E-state index contributed by atoms with van der Waals surface area (Å²) in [5.41, 5.74) is 0. The number of amides is 1. The zero-order valence-electron chi connectivity index (χ0n) is 10.6. The number of aliphatic carboxylic acids is 1. The van der Waals surface area contributed by atoms with Crippen LogP contribution >= 0.6 is 27.3 Å². The number of hydrogen-bond donors (Lipinski definition) is 1. The van der Waals surface area contributed by atoms with Crippen molar-refractivity contribution in [2.75, 3.05) is 19.7 Å². The van der Waals surface area contributed by atoms with Crippen LogP contribution in [0.3, 0.4) is 0 Å². The first kappa shape index (κ1) is 15.2. The summed E-state index contributed by atoms with van der Waals surface area (Å²) in [6.07, 6.45) is 2.78. The lowest BCUT2D eigenvalue weighted by Crippen LogP contribution is -2.45. The highest BCUT2D eigenvalue weighted by Gasteiger charge is 2.24. The Labute approximate surface area is 129 Å². The molecule has 1 N–H and O–H groups in total. The Balaban J connectivity index is 1.91. The maximum absolute atomic E-state index is 12.0. The van der Waals surface area contributed by atoms with E-state index in [9.17, 15) is 9.59 Å². The van der Waals surface area contributed by atoms with Gasteiger partial charge in [0, 0.05) is 24.0 Å². The minimum absolute atomic E-state index is 0.0780. The molecule has 0 bridgehead atoms. The zero-order valence-corrected chi connectivity index (χ0v) is 13.0. The maximum atomic E-state index is 12.0. The SMILES string of the molecule is O=C(O)C[C@H]1CN(C(=O)/C=C/c2ccc(Br)s2)CCO1. The Bertz CT molecular complexity index is 528. The van der Waals surface area contributed by atoms with Crippen molar-refractivity contribution in [3.05, 3.63) is 26.9 Å². The van der Waals surface area contributed by atoms with E-state index in [0.29, 0.717) is 19.7 Å². The molecule has 1 aromatic rings. The number of morpholine rings is 1. The highest BCUT2D eigenvalue weighted by Crippen LogP contribution is 2.23. The number of nitrogens with zero attached hydrogens (tertiary/aromatic N) is 1. The highest BCUT2D eigenvalue weighted by molar-refractivity contribution is 9.11. The highest BCUT2D eigenvalue weighted by atomic mass is 79.9. The van der Waals surface area contributed by atoms with Gasteiger partial charge in [-0.25, -0.2) is 0 Å². The number of thiophene rings is 1. The van der Waals surface area contributed by atoms with Crippen molar-refractivity contribution in [3.8, 4) is 0 Å². The molecular weight excluding hydrogens is 346 g/mol. The molecule has 1 amide bonds. The van der Waals surface area contributed by atoms with E-state index in [0.717, 1.165) is 8.66 Å². The molecule has 2 heterocycles. The van der Waals surface area contributed by atoms with Gasteiger partial charge in [0.05, 0.1) is 22.9 Å². The molecular formula is C13H14BrNO4S. The van der Waals surface area contributed by atoms with E-state index in [1.807, 2.05) is 12.1 Å². The molecule has 0 radical (unpaired) electrons. The third-order valence-electron chi connectivity index (χ3n) is 2.84. The van der Waals surface area contributed by atoms with Gasteiger partial charge in [-0.1, -0.05) is 0 Å². The summed E-state index contributed by atoms with van der Waals surface area (Å²) >= 11 is 4.91. The Morgan fingerprint density at radius 1 is 1.55 bits per heavy atom. The van der Waals surface area contributed by atoms with E-state index in [2.05, 4.69) is 15.9 Å². The molecule has 0 unspecified atom stereocenters. The molecule has 5 nitrogen and oxygen atoms in total. The van der Waals surface area contributed by atoms with Crippen molar-refractivity contribution in [3.63, 3.8) is 0 Å². The van der Waals surface area contributed by atoms with Crippen molar-refractivity contribution >= 4 is 45.2 Å². The topological polar surface area (TPSA) is 66.8 Å². The molecule has 1 saturated heterocycles. The summed E-state index contributed by atoms with van der Waals surface area (Å²) < 4.78 is 6.34. The van der Waals surface area contributed by atoms with Crippen molar-refractivity contribution in [2.24, 2.45) is 0 Å². The van der Waals surface area contributed by atoms with Gasteiger partial charge in [0.1, 0.15) is 0 Å². The van der Waals surface area contributed by atoms with Crippen LogP contribution in [0, 0.1) is 0 Å². The lowest BCUT2D eigenvalue weighted by molar-refractivity contribution is -0.145. The van der Waals surface area contributed by atoms with Crippen LogP contribution in [0.1, 0.15) is 11.3 Å². The first-order valence-corrected chi connectivity index (χ1v) is 7.71. The summed E-state index contributed by atoms with van der Waals surface area (Å²) in [5.74, 6) is -1.03. The van der Waals surface area contributed by atoms with Crippen molar-refractivity contribution in [1.82, 2.24) is 4.90 Å². The summed E-state index contributed by atoms with van der Waals surface area (Å²) in [5, 5.41) is 8.74. The monoisotopic (exact) mass is 359 g/mol. The second-order valence-corrected chi connectivity index (χ2v) is 6.84. The van der Waals surface area contributed by atoms with E-state index in [-0.39, 0.29) is 12.3 Å². The second kappa shape index (κ2) is 7.01. The van der Waals surface area contributed by atoms with Crippen molar-refractivity contribution < 1.29 is 19.4 Å². The molecule has 1 fully saturated rings. The van der Waals surface area contributed by atoms with Crippen molar-refractivity contribution in [2.45, 2.75) is 12.5 Å². The lowest BCUT2D eigenvalue weighted by Gasteiger charge is -2.31. The van der Waals surface area contributed by atoms with Gasteiger partial charge >= 0.3 is 5.97 Å². The van der Waals surface area contributed by atoms with E-state index in [4.69, 9.17) is 9.84 Å². The first-order chi connectivity index (χ1) is 9.54. The summed E-state index contributed by atoms with van der Waals surface area (Å²) in [7, 11) is 0. The smallest absolute Gasteiger partial charge is 0.306 e. The fourth-order valence-electron chi connectivity index (χ4n) is 1.91. The quantitative estimate of drug-likeness (QED) is 0.837. The molecule has 108 valence electrons. The average Bonchev–Trinajstić information content (AvgIpc) is 2.81. The molecule has 2 rings (SSSR count). The number of carboxylic acid groups (broad SMARTS) is 1. The van der Waals surface area contributed by atoms with Crippen LogP contribution < -0.4 is 0 Å². The Morgan fingerprint density at radius 3 is 3.00 bits per heavy atom. The van der Waals surface area contributed by atoms with Crippen LogP contribution in [0.5, 0.6) is 0 Å². The molecule has 0 saturated carbocycles. The molecule has 1 aromatic heterocycles. The third kappa shape index (κ3) is 4.43. The zero-order chi connectivity index (χ0) is 14.5. The largest absolute Gasteiger partial charge is 0.481 e. The number of carbonyl (C=O) groups excluding carboxylic acids is 1. The van der Waals surface area contributed by atoms with Crippen LogP contribution in [0.25, 0.3) is 6.08 Å². The fraction of sp³-hybridized carbons (Fsp3) is 0.385. The number of ether oxygens (including phenoxy) is 1. The molecule has 1 atom stereocenters. The van der Waals surface area contributed by atoms with Gasteiger partial charge < -0.3 is 14.7 Å². The predicted octanol–water partition coefficient (Wildman–Crippen LogP) is 2.23. The van der Waals surface area contributed by atoms with E-state index < -0.39 is 12.1 Å². The lowest BCUT2D eigenvalue weighted by atomic mass is 10.2. The standard InChI is InChI=1S/C13H14BrNO4S/c14-11-3-1-10(20-11)2-4-12(16)15-5-6-19-9(8-15)7-13(17)18/h1-4,9H,5-8H2,(H,17,18)/b4-2+/t9-/m0/s1. The maximum Gasteiger partial charge on any atom is 0.306 e. The summed E-state index contributed by atoms with van der Waals surface area (Å²) in [6, 6.07) is 3.84. The summed E-state index contributed by atoms with van der Waals surface area (Å²) in [6.45, 7) is 1.19. The van der Waals surface area contributed by atoms with E-state index in [1.54, 1.807) is 22.3 Å². The third-order valence-corrected chi connectivity index (χ3v) is 4.43. The number of halogens is 1. The minimum atomic E-state index is -0.914. The number of rotatable bonds is 4. The fourth-order valence-corrected chi connectivity index (χ4v) is 3.24. The van der Waals surface area contributed by atoms with Crippen molar-refractivity contribution in [1.29, 1.82) is 0 Å². The van der Waals surface area contributed by atoms with E-state index >= 15 is 0 Å². The van der Waals surface area contributed by atoms with Gasteiger partial charge in [-0.05, 0) is 34.1 Å². The Morgan fingerprint density at radius 2 is 2.35 bits per heavy atom. The first-order valence-electron chi connectivity index (χ1n) is 6.10. The van der Waals surface area contributed by atoms with Crippen LogP contribution in [0.2, 0.25) is 0 Å². The number of carboxylic acids is 1. The van der Waals surface area contributed by atoms with Gasteiger partial charge in [-0.2, -0.15) is 0 Å². The summed E-state index contributed by atoms with van der Waals surface area (Å²) in [4.78, 5) is 25.3. The number of carbonyl (C=O) groups is 2. The van der Waals surface area contributed by atoms with Crippen LogP contribution in [0.4, 0.5) is 0 Å². The Hall–Kier alpha value is -1.18. The molecule has 0 spiro atoms. The molecule has 20 heavy (non-hydrogen) atoms. The average molecular weight is 360 g/mol. The van der Waals surface area contributed by atoms with Gasteiger partial charge in [0.15, 0.2) is 0 Å². The second-order valence-electron chi connectivity index (χ2n) is 4.35. The molecule has 0 aliphatic carbocycles. The van der Waals surface area contributed by atoms with E-state index in [1.165, 1.54) is 6.08 Å². The van der Waals surface area contributed by atoms with Gasteiger partial charge in [0.25, 0.3) is 0 Å².